The number of benzene rings is 1. The molecule has 6 nitrogen and oxygen atoms in total. The van der Waals surface area contributed by atoms with Gasteiger partial charge in [-0.3, -0.25) is 0 Å². The van der Waals surface area contributed by atoms with Crippen molar-refractivity contribution in [3.63, 3.8) is 0 Å². The third-order valence-corrected chi connectivity index (χ3v) is 3.91. The zero-order chi connectivity index (χ0) is 14.2. The fraction of sp³-hybridized carbons (Fsp3) is 0.429. The highest BCUT2D eigenvalue weighted by Gasteiger charge is 2.40. The lowest BCUT2D eigenvalue weighted by atomic mass is 10.0. The highest BCUT2D eigenvalue weighted by Crippen LogP contribution is 2.40. The quantitative estimate of drug-likeness (QED) is 0.660. The molecule has 3 rings (SSSR count). The molecule has 2 aromatic rings. The smallest absolute Gasteiger partial charge is 0.258 e. The predicted molar refractivity (Wildman–Crippen MR) is 73.0 cm³/mol. The van der Waals surface area contributed by atoms with Gasteiger partial charge in [-0.25, -0.2) is 0 Å². The molecule has 0 amide bonds. The molecule has 1 aliphatic carbocycles. The Morgan fingerprint density at radius 3 is 2.75 bits per heavy atom. The lowest BCUT2D eigenvalue weighted by Crippen LogP contribution is -2.25. The highest BCUT2D eigenvalue weighted by atomic mass is 16.5. The van der Waals surface area contributed by atoms with E-state index in [2.05, 4.69) is 10.1 Å². The van der Waals surface area contributed by atoms with Gasteiger partial charge in [0, 0.05) is 12.7 Å². The Morgan fingerprint density at radius 2 is 2.10 bits per heavy atom. The van der Waals surface area contributed by atoms with Gasteiger partial charge in [0.2, 0.25) is 5.82 Å². The average Bonchev–Trinajstić information content (AvgIpc) is 3.10. The third kappa shape index (κ3) is 2.02. The number of anilines is 1. The van der Waals surface area contributed by atoms with Crippen LogP contribution in [-0.4, -0.2) is 22.4 Å². The summed E-state index contributed by atoms with van der Waals surface area (Å²) in [5.74, 6) is 1.01. The van der Waals surface area contributed by atoms with Crippen molar-refractivity contribution >= 4 is 5.69 Å². The minimum atomic E-state index is -0.426. The zero-order valence-corrected chi connectivity index (χ0v) is 11.3. The number of aromatic nitrogens is 2. The van der Waals surface area contributed by atoms with Gasteiger partial charge in [0.15, 0.2) is 0 Å². The van der Waals surface area contributed by atoms with E-state index in [4.69, 9.17) is 15.0 Å². The summed E-state index contributed by atoms with van der Waals surface area (Å²) in [5.41, 5.74) is 6.21. The number of nitrogens with zero attached hydrogens (tertiary/aromatic N) is 2. The molecule has 0 atom stereocenters. The Bertz CT molecular complexity index is 618. The van der Waals surface area contributed by atoms with Gasteiger partial charge in [-0.15, -0.1) is 0 Å². The fourth-order valence-electron chi connectivity index (χ4n) is 2.68. The van der Waals surface area contributed by atoms with E-state index >= 15 is 0 Å². The Labute approximate surface area is 116 Å². The minimum absolute atomic E-state index is 0.0395. The van der Waals surface area contributed by atoms with Crippen molar-refractivity contribution in [3.8, 4) is 17.2 Å². The first-order valence-corrected chi connectivity index (χ1v) is 6.63. The summed E-state index contributed by atoms with van der Waals surface area (Å²) in [5, 5.41) is 13.5. The molecule has 0 radical (unpaired) electrons. The van der Waals surface area contributed by atoms with Crippen LogP contribution >= 0.6 is 0 Å². The summed E-state index contributed by atoms with van der Waals surface area (Å²) in [7, 11) is 1.68. The van der Waals surface area contributed by atoms with Gasteiger partial charge < -0.3 is 20.1 Å². The molecule has 1 aromatic heterocycles. The molecule has 0 aliphatic heterocycles. The van der Waals surface area contributed by atoms with Crippen molar-refractivity contribution in [1.29, 1.82) is 0 Å². The average molecular weight is 275 g/mol. The van der Waals surface area contributed by atoms with Gasteiger partial charge in [-0.05, 0) is 43.9 Å². The van der Waals surface area contributed by atoms with Gasteiger partial charge >= 0.3 is 0 Å². The van der Waals surface area contributed by atoms with E-state index in [9.17, 15) is 5.11 Å². The predicted octanol–water partition coefficient (Wildman–Crippen LogP) is 2.44. The van der Waals surface area contributed by atoms with Gasteiger partial charge in [-0.2, -0.15) is 4.98 Å². The largest absolute Gasteiger partial charge is 0.506 e. The highest BCUT2D eigenvalue weighted by molar-refractivity contribution is 5.64. The Kier molecular flexibility index (Phi) is 3.10. The van der Waals surface area contributed by atoms with E-state index in [1.54, 1.807) is 19.2 Å². The molecule has 1 heterocycles. The number of hydrogen-bond donors (Lipinski definition) is 2. The van der Waals surface area contributed by atoms with Crippen LogP contribution in [0.4, 0.5) is 5.69 Å². The molecule has 3 N–H and O–H groups in total. The van der Waals surface area contributed by atoms with Crippen LogP contribution in [0, 0.1) is 0 Å². The molecule has 1 aromatic carbocycles. The van der Waals surface area contributed by atoms with Crippen LogP contribution in [0.2, 0.25) is 0 Å². The number of phenols is 1. The standard InChI is InChI=1S/C14H17N3O3/c1-19-14(6-2-3-7-14)13-16-12(20-17-13)9-4-5-11(18)10(15)8-9/h4-5,8,18H,2-3,6-7,15H2,1H3. The van der Waals surface area contributed by atoms with Gasteiger partial charge in [0.1, 0.15) is 11.4 Å². The summed E-state index contributed by atoms with van der Waals surface area (Å²) >= 11 is 0. The lowest BCUT2D eigenvalue weighted by molar-refractivity contribution is -0.0178. The maximum absolute atomic E-state index is 9.44. The van der Waals surface area contributed by atoms with E-state index in [1.807, 2.05) is 0 Å². The van der Waals surface area contributed by atoms with E-state index in [0.29, 0.717) is 17.3 Å². The number of phenolic OH excluding ortho intramolecular Hbond substituents is 1. The van der Waals surface area contributed by atoms with Gasteiger partial charge in [0.05, 0.1) is 5.69 Å². The summed E-state index contributed by atoms with van der Waals surface area (Å²) in [6.07, 6.45) is 4.01. The van der Waals surface area contributed by atoms with Crippen molar-refractivity contribution in [1.82, 2.24) is 10.1 Å². The number of hydrogen-bond acceptors (Lipinski definition) is 6. The summed E-state index contributed by atoms with van der Waals surface area (Å²) in [6.45, 7) is 0. The molecule has 1 saturated carbocycles. The Morgan fingerprint density at radius 1 is 1.35 bits per heavy atom. The van der Waals surface area contributed by atoms with Crippen molar-refractivity contribution < 1.29 is 14.4 Å². The van der Waals surface area contributed by atoms with E-state index < -0.39 is 5.60 Å². The molecule has 1 aliphatic rings. The normalized spacial score (nSPS) is 17.4. The molecule has 106 valence electrons. The zero-order valence-electron chi connectivity index (χ0n) is 11.3. The Balaban J connectivity index is 1.95. The molecule has 1 fully saturated rings. The first-order chi connectivity index (χ1) is 9.64. The maximum Gasteiger partial charge on any atom is 0.258 e. The molecule has 20 heavy (non-hydrogen) atoms. The van der Waals surface area contributed by atoms with Crippen LogP contribution in [-0.2, 0) is 10.3 Å². The van der Waals surface area contributed by atoms with E-state index in [0.717, 1.165) is 25.7 Å². The monoisotopic (exact) mass is 275 g/mol. The lowest BCUT2D eigenvalue weighted by Gasteiger charge is -2.22. The van der Waals surface area contributed by atoms with Crippen LogP contribution in [0.25, 0.3) is 11.5 Å². The molecule has 6 heteroatoms. The summed E-state index contributed by atoms with van der Waals surface area (Å²) < 4.78 is 10.9. The minimum Gasteiger partial charge on any atom is -0.506 e. The van der Waals surface area contributed by atoms with E-state index in [1.165, 1.54) is 6.07 Å². The van der Waals surface area contributed by atoms with Crippen molar-refractivity contribution in [2.75, 3.05) is 12.8 Å². The summed E-state index contributed by atoms with van der Waals surface area (Å²) in [4.78, 5) is 4.44. The first-order valence-electron chi connectivity index (χ1n) is 6.63. The fourth-order valence-corrected chi connectivity index (χ4v) is 2.68. The number of methoxy groups -OCH3 is 1. The Hall–Kier alpha value is -2.08. The van der Waals surface area contributed by atoms with Gasteiger partial charge in [0.25, 0.3) is 5.89 Å². The van der Waals surface area contributed by atoms with Crippen LogP contribution in [0.1, 0.15) is 31.5 Å². The summed E-state index contributed by atoms with van der Waals surface area (Å²) in [6, 6.07) is 4.81. The maximum atomic E-state index is 9.44. The molecule has 0 unspecified atom stereocenters. The molecule has 0 saturated heterocycles. The molecular weight excluding hydrogens is 258 g/mol. The van der Waals surface area contributed by atoms with Crippen molar-refractivity contribution in [2.24, 2.45) is 0 Å². The number of aromatic hydroxyl groups is 1. The van der Waals surface area contributed by atoms with Crippen molar-refractivity contribution in [3.05, 3.63) is 24.0 Å². The molecule has 0 spiro atoms. The topological polar surface area (TPSA) is 94.4 Å². The van der Waals surface area contributed by atoms with Crippen LogP contribution < -0.4 is 5.73 Å². The van der Waals surface area contributed by atoms with Crippen LogP contribution in [0.15, 0.2) is 22.7 Å². The second-order valence-electron chi connectivity index (χ2n) is 5.10. The SMILES string of the molecule is COC1(c2noc(-c3ccc(O)c(N)c3)n2)CCCC1. The van der Waals surface area contributed by atoms with Crippen LogP contribution in [0.5, 0.6) is 5.75 Å². The number of nitrogens with two attached hydrogens (primary N) is 1. The molecule has 0 bridgehead atoms. The second-order valence-corrected chi connectivity index (χ2v) is 5.10. The molecular formula is C14H17N3O3. The number of rotatable bonds is 3. The van der Waals surface area contributed by atoms with Crippen LogP contribution in [0.3, 0.4) is 0 Å². The third-order valence-electron chi connectivity index (χ3n) is 3.91. The first kappa shape index (κ1) is 12.9. The second kappa shape index (κ2) is 4.79. The number of nitrogen functional groups attached to an aromatic ring is 1. The van der Waals surface area contributed by atoms with Crippen molar-refractivity contribution in [2.45, 2.75) is 31.3 Å². The number of ether oxygens (including phenoxy) is 1. The van der Waals surface area contributed by atoms with E-state index in [-0.39, 0.29) is 11.4 Å². The van der Waals surface area contributed by atoms with Gasteiger partial charge in [-0.1, -0.05) is 5.16 Å².